The lowest BCUT2D eigenvalue weighted by Gasteiger charge is -2.26. The number of amides is 1. The van der Waals surface area contributed by atoms with Crippen molar-refractivity contribution in [1.82, 2.24) is 5.32 Å². The van der Waals surface area contributed by atoms with Crippen LogP contribution >= 0.6 is 0 Å². The van der Waals surface area contributed by atoms with Crippen LogP contribution in [0.5, 0.6) is 0 Å². The Morgan fingerprint density at radius 2 is 2.11 bits per heavy atom. The van der Waals surface area contributed by atoms with Gasteiger partial charge in [0.2, 0.25) is 5.91 Å². The molecule has 1 aliphatic heterocycles. The molecular formula is C15H22N2O. The quantitative estimate of drug-likeness (QED) is 0.802. The van der Waals surface area contributed by atoms with Crippen molar-refractivity contribution in [3.8, 4) is 0 Å². The molecule has 0 bridgehead atoms. The van der Waals surface area contributed by atoms with Crippen molar-refractivity contribution in [2.75, 3.05) is 11.9 Å². The highest BCUT2D eigenvalue weighted by Gasteiger charge is 2.43. The molecule has 98 valence electrons. The van der Waals surface area contributed by atoms with E-state index in [2.05, 4.69) is 37.5 Å². The van der Waals surface area contributed by atoms with Crippen molar-refractivity contribution >= 4 is 11.6 Å². The van der Waals surface area contributed by atoms with Crippen molar-refractivity contribution < 1.29 is 4.79 Å². The first-order valence-corrected chi connectivity index (χ1v) is 6.71. The highest BCUT2D eigenvalue weighted by atomic mass is 16.2. The molecule has 0 aliphatic carbocycles. The fourth-order valence-electron chi connectivity index (χ4n) is 2.55. The molecule has 1 atom stereocenters. The Kier molecular flexibility index (Phi) is 3.60. The van der Waals surface area contributed by atoms with Crippen LogP contribution in [0.2, 0.25) is 0 Å². The first-order valence-electron chi connectivity index (χ1n) is 6.71. The molecule has 0 saturated carbocycles. The van der Waals surface area contributed by atoms with E-state index in [1.165, 1.54) is 5.56 Å². The minimum absolute atomic E-state index is 0.102. The smallest absolute Gasteiger partial charge is 0.243 e. The van der Waals surface area contributed by atoms with Crippen LogP contribution in [-0.2, 0) is 10.2 Å². The van der Waals surface area contributed by atoms with Crippen LogP contribution < -0.4 is 10.6 Å². The number of rotatable bonds is 4. The summed E-state index contributed by atoms with van der Waals surface area (Å²) in [5.41, 5.74) is 2.14. The molecule has 3 heteroatoms. The number of benzene rings is 1. The zero-order valence-electron chi connectivity index (χ0n) is 11.4. The van der Waals surface area contributed by atoms with E-state index in [9.17, 15) is 4.79 Å². The van der Waals surface area contributed by atoms with E-state index in [1.54, 1.807) is 0 Å². The van der Waals surface area contributed by atoms with Crippen molar-refractivity contribution in [3.63, 3.8) is 0 Å². The van der Waals surface area contributed by atoms with Crippen LogP contribution in [0.25, 0.3) is 0 Å². The van der Waals surface area contributed by atoms with E-state index in [4.69, 9.17) is 0 Å². The molecule has 0 radical (unpaired) electrons. The molecule has 0 aromatic heterocycles. The van der Waals surface area contributed by atoms with Gasteiger partial charge in [0.15, 0.2) is 0 Å². The number of carbonyl (C=O) groups excluding carboxylic acids is 1. The summed E-state index contributed by atoms with van der Waals surface area (Å²) in [6.45, 7) is 7.13. The molecule has 18 heavy (non-hydrogen) atoms. The van der Waals surface area contributed by atoms with E-state index in [0.717, 1.165) is 25.1 Å². The Bertz CT molecular complexity index is 440. The Balaban J connectivity index is 2.11. The molecule has 1 unspecified atom stereocenters. The van der Waals surface area contributed by atoms with Crippen molar-refractivity contribution in [2.45, 2.75) is 45.1 Å². The highest BCUT2D eigenvalue weighted by Crippen LogP contribution is 2.40. The van der Waals surface area contributed by atoms with E-state index in [-0.39, 0.29) is 17.4 Å². The summed E-state index contributed by atoms with van der Waals surface area (Å²) in [6.07, 6.45) is 2.13. The number of anilines is 1. The summed E-state index contributed by atoms with van der Waals surface area (Å²) in [4.78, 5) is 12.2. The molecule has 1 heterocycles. The topological polar surface area (TPSA) is 41.1 Å². The number of hydrogen-bond donors (Lipinski definition) is 2. The third kappa shape index (κ3) is 2.22. The van der Waals surface area contributed by atoms with Gasteiger partial charge in [0.1, 0.15) is 6.04 Å². The summed E-state index contributed by atoms with van der Waals surface area (Å²) >= 11 is 0. The monoisotopic (exact) mass is 246 g/mol. The number of carbonyl (C=O) groups is 1. The van der Waals surface area contributed by atoms with Crippen LogP contribution in [0.3, 0.4) is 0 Å². The van der Waals surface area contributed by atoms with Crippen LogP contribution in [0, 0.1) is 0 Å². The minimum atomic E-state index is -0.174. The van der Waals surface area contributed by atoms with Crippen LogP contribution in [0.15, 0.2) is 24.3 Å². The fourth-order valence-corrected chi connectivity index (χ4v) is 2.55. The number of fused-ring (bicyclic) bond motifs is 1. The van der Waals surface area contributed by atoms with Gasteiger partial charge in [0.05, 0.1) is 0 Å². The van der Waals surface area contributed by atoms with E-state index in [0.29, 0.717) is 0 Å². The Morgan fingerprint density at radius 3 is 2.78 bits per heavy atom. The molecule has 0 fully saturated rings. The van der Waals surface area contributed by atoms with Gasteiger partial charge in [0, 0.05) is 17.6 Å². The molecule has 0 spiro atoms. The molecule has 1 aliphatic rings. The van der Waals surface area contributed by atoms with E-state index in [1.807, 2.05) is 18.2 Å². The summed E-state index contributed by atoms with van der Waals surface area (Å²) in [7, 11) is 0. The first kappa shape index (κ1) is 12.9. The van der Waals surface area contributed by atoms with E-state index < -0.39 is 0 Å². The number of unbranched alkanes of at least 4 members (excludes halogenated alkanes) is 1. The van der Waals surface area contributed by atoms with Crippen molar-refractivity contribution in [1.29, 1.82) is 0 Å². The molecule has 2 N–H and O–H groups in total. The summed E-state index contributed by atoms with van der Waals surface area (Å²) in [6, 6.07) is 7.99. The second kappa shape index (κ2) is 5.01. The van der Waals surface area contributed by atoms with Gasteiger partial charge in [-0.25, -0.2) is 0 Å². The van der Waals surface area contributed by atoms with Gasteiger partial charge in [-0.1, -0.05) is 45.4 Å². The highest BCUT2D eigenvalue weighted by molar-refractivity contribution is 5.89. The van der Waals surface area contributed by atoms with Crippen LogP contribution in [0.1, 0.15) is 39.2 Å². The Hall–Kier alpha value is -1.51. The van der Waals surface area contributed by atoms with Gasteiger partial charge in [-0.3, -0.25) is 4.79 Å². The third-order valence-electron chi connectivity index (χ3n) is 3.73. The fraction of sp³-hybridized carbons (Fsp3) is 0.533. The molecular weight excluding hydrogens is 224 g/mol. The van der Waals surface area contributed by atoms with Gasteiger partial charge in [-0.15, -0.1) is 0 Å². The number of nitrogens with one attached hydrogen (secondary N) is 2. The van der Waals surface area contributed by atoms with Crippen LogP contribution in [0.4, 0.5) is 5.69 Å². The predicted molar refractivity (Wildman–Crippen MR) is 74.8 cm³/mol. The molecule has 1 amide bonds. The summed E-state index contributed by atoms with van der Waals surface area (Å²) in [5, 5.41) is 6.35. The zero-order chi connectivity index (χ0) is 13.2. The molecule has 2 rings (SSSR count). The normalized spacial score (nSPS) is 20.1. The maximum absolute atomic E-state index is 12.2. The standard InChI is InChI=1S/C15H22N2O/c1-4-5-10-16-14(18)13-15(2,3)11-8-6-7-9-12(11)17-13/h6-9,13,17H,4-5,10H2,1-3H3,(H,16,18). The van der Waals surface area contributed by atoms with E-state index >= 15 is 0 Å². The summed E-state index contributed by atoms with van der Waals surface area (Å²) in [5.74, 6) is 0.102. The molecule has 1 aromatic carbocycles. The predicted octanol–water partition coefficient (Wildman–Crippen LogP) is 2.67. The lowest BCUT2D eigenvalue weighted by Crippen LogP contribution is -2.47. The SMILES string of the molecule is CCCCNC(=O)C1Nc2ccccc2C1(C)C. The number of hydrogen-bond acceptors (Lipinski definition) is 2. The maximum atomic E-state index is 12.2. The second-order valence-corrected chi connectivity index (χ2v) is 5.49. The third-order valence-corrected chi connectivity index (χ3v) is 3.73. The minimum Gasteiger partial charge on any atom is -0.373 e. The Morgan fingerprint density at radius 1 is 1.39 bits per heavy atom. The van der Waals surface area contributed by atoms with Crippen LogP contribution in [-0.4, -0.2) is 18.5 Å². The Labute approximate surface area is 109 Å². The average molecular weight is 246 g/mol. The van der Waals surface area contributed by atoms with Crippen molar-refractivity contribution in [2.24, 2.45) is 0 Å². The average Bonchev–Trinajstić information content (AvgIpc) is 2.62. The van der Waals surface area contributed by atoms with Crippen molar-refractivity contribution in [3.05, 3.63) is 29.8 Å². The van der Waals surface area contributed by atoms with Gasteiger partial charge in [-0.05, 0) is 18.1 Å². The van der Waals surface area contributed by atoms with Gasteiger partial charge in [-0.2, -0.15) is 0 Å². The van der Waals surface area contributed by atoms with Gasteiger partial charge in [0.25, 0.3) is 0 Å². The molecule has 0 saturated heterocycles. The lowest BCUT2D eigenvalue weighted by atomic mass is 9.80. The maximum Gasteiger partial charge on any atom is 0.243 e. The second-order valence-electron chi connectivity index (χ2n) is 5.49. The molecule has 1 aromatic rings. The zero-order valence-corrected chi connectivity index (χ0v) is 11.4. The van der Waals surface area contributed by atoms with Gasteiger partial charge < -0.3 is 10.6 Å². The number of para-hydroxylation sites is 1. The molecule has 3 nitrogen and oxygen atoms in total. The lowest BCUT2D eigenvalue weighted by molar-refractivity contribution is -0.122. The summed E-state index contributed by atoms with van der Waals surface area (Å²) < 4.78 is 0. The first-order chi connectivity index (χ1) is 8.57. The van der Waals surface area contributed by atoms with Gasteiger partial charge >= 0.3 is 0 Å². The largest absolute Gasteiger partial charge is 0.373 e.